The molecule has 4 rings (SSSR count). The quantitative estimate of drug-likeness (QED) is 0.747. The Bertz CT molecular complexity index is 826. The van der Waals surface area contributed by atoms with Crippen molar-refractivity contribution < 1.29 is 9.53 Å². The summed E-state index contributed by atoms with van der Waals surface area (Å²) >= 11 is 6.22. The molecule has 25 heavy (non-hydrogen) atoms. The van der Waals surface area contributed by atoms with E-state index in [0.717, 1.165) is 41.9 Å². The summed E-state index contributed by atoms with van der Waals surface area (Å²) in [6.45, 7) is 2.95. The molecule has 4 nitrogen and oxygen atoms in total. The number of rotatable bonds is 2. The third kappa shape index (κ3) is 2.93. The largest absolute Gasteiger partial charge is 0.450 e. The molecule has 132 valence electrons. The molecule has 2 aliphatic rings. The topological polar surface area (TPSA) is 45.3 Å². The molecule has 1 aromatic heterocycles. The van der Waals surface area contributed by atoms with E-state index in [2.05, 4.69) is 17.1 Å². The van der Waals surface area contributed by atoms with Gasteiger partial charge in [-0.3, -0.25) is 4.90 Å². The molecule has 1 aromatic carbocycles. The second-order valence-corrected chi connectivity index (χ2v) is 7.28. The number of aromatic nitrogens is 1. The molecule has 0 spiro atoms. The number of fused-ring (bicyclic) bond motifs is 3. The van der Waals surface area contributed by atoms with Gasteiger partial charge in [-0.2, -0.15) is 0 Å². The zero-order valence-corrected chi connectivity index (χ0v) is 15.2. The van der Waals surface area contributed by atoms with E-state index in [1.165, 1.54) is 10.9 Å². The summed E-state index contributed by atoms with van der Waals surface area (Å²) in [5.74, 6) is 0.414. The maximum atomic E-state index is 12.6. The van der Waals surface area contributed by atoms with Crippen molar-refractivity contribution in [3.05, 3.63) is 46.6 Å². The number of carbonyl (C=O) groups excluding carboxylic acids is 1. The van der Waals surface area contributed by atoms with Crippen molar-refractivity contribution >= 4 is 28.6 Å². The minimum Gasteiger partial charge on any atom is -0.450 e. The molecular weight excluding hydrogens is 336 g/mol. The fraction of sp³-hybridized carbons (Fsp3) is 0.450. The lowest BCUT2D eigenvalue weighted by Crippen LogP contribution is -2.43. The molecule has 0 saturated heterocycles. The first-order chi connectivity index (χ1) is 12.2. The Morgan fingerprint density at radius 1 is 1.40 bits per heavy atom. The molecule has 0 fully saturated rings. The predicted molar refractivity (Wildman–Crippen MR) is 100.0 cm³/mol. The monoisotopic (exact) mass is 358 g/mol. The maximum absolute atomic E-state index is 12.6. The second kappa shape index (κ2) is 6.75. The van der Waals surface area contributed by atoms with Gasteiger partial charge >= 0.3 is 6.09 Å². The highest BCUT2D eigenvalue weighted by atomic mass is 35.5. The molecule has 2 aromatic rings. The number of ether oxygens (including phenoxy) is 1. The van der Waals surface area contributed by atoms with Crippen LogP contribution in [0.3, 0.4) is 0 Å². The van der Waals surface area contributed by atoms with Gasteiger partial charge in [0.15, 0.2) is 0 Å². The highest BCUT2D eigenvalue weighted by Crippen LogP contribution is 2.43. The Balaban J connectivity index is 1.80. The van der Waals surface area contributed by atoms with Crippen LogP contribution in [-0.4, -0.2) is 29.1 Å². The van der Waals surface area contributed by atoms with Crippen LogP contribution in [0.5, 0.6) is 0 Å². The number of amides is 1. The lowest BCUT2D eigenvalue weighted by Gasteiger charge is -2.40. The number of carbonyl (C=O) groups is 1. The van der Waals surface area contributed by atoms with Crippen LogP contribution in [0.25, 0.3) is 10.9 Å². The van der Waals surface area contributed by atoms with E-state index in [9.17, 15) is 4.79 Å². The van der Waals surface area contributed by atoms with Crippen LogP contribution in [0.4, 0.5) is 4.79 Å². The lowest BCUT2D eigenvalue weighted by molar-refractivity contribution is 0.0675. The smallest absolute Gasteiger partial charge is 0.410 e. The van der Waals surface area contributed by atoms with Crippen molar-refractivity contribution in [3.8, 4) is 0 Å². The first kappa shape index (κ1) is 16.5. The number of halogens is 1. The van der Waals surface area contributed by atoms with Gasteiger partial charge in [-0.1, -0.05) is 23.8 Å². The minimum absolute atomic E-state index is 0.0407. The summed E-state index contributed by atoms with van der Waals surface area (Å²) in [4.78, 5) is 18.1. The normalized spacial score (nSPS) is 22.9. The first-order valence-corrected chi connectivity index (χ1v) is 9.45. The molecular formula is C20H23ClN2O2. The van der Waals surface area contributed by atoms with Gasteiger partial charge < -0.3 is 9.72 Å². The average Bonchev–Trinajstić information content (AvgIpc) is 2.99. The van der Waals surface area contributed by atoms with Crippen molar-refractivity contribution in [1.82, 2.24) is 9.88 Å². The molecule has 2 unspecified atom stereocenters. The SMILES string of the molecule is CCOC(=O)N1CCc2c([nH]c3ccc(Cl)cc23)C1C1CC=CCC1. The fourth-order valence-corrected chi connectivity index (χ4v) is 4.47. The van der Waals surface area contributed by atoms with Gasteiger partial charge in [0.05, 0.1) is 12.6 Å². The number of allylic oxidation sites excluding steroid dienone is 2. The van der Waals surface area contributed by atoms with Crippen LogP contribution >= 0.6 is 11.6 Å². The lowest BCUT2D eigenvalue weighted by atomic mass is 9.82. The molecule has 1 aliphatic carbocycles. The van der Waals surface area contributed by atoms with Gasteiger partial charge in [-0.15, -0.1) is 0 Å². The van der Waals surface area contributed by atoms with Crippen LogP contribution in [0, 0.1) is 5.92 Å². The van der Waals surface area contributed by atoms with E-state index < -0.39 is 0 Å². The van der Waals surface area contributed by atoms with Crippen molar-refractivity contribution in [3.63, 3.8) is 0 Å². The number of nitrogens with one attached hydrogen (secondary N) is 1. The van der Waals surface area contributed by atoms with Gasteiger partial charge in [0.25, 0.3) is 0 Å². The molecule has 2 heterocycles. The molecule has 2 atom stereocenters. The zero-order valence-electron chi connectivity index (χ0n) is 14.4. The Kier molecular flexibility index (Phi) is 4.46. The number of benzene rings is 1. The van der Waals surface area contributed by atoms with Crippen LogP contribution in [0.1, 0.15) is 43.5 Å². The maximum Gasteiger partial charge on any atom is 0.410 e. The van der Waals surface area contributed by atoms with Crippen molar-refractivity contribution in [2.75, 3.05) is 13.2 Å². The van der Waals surface area contributed by atoms with E-state index in [1.807, 2.05) is 30.0 Å². The van der Waals surface area contributed by atoms with E-state index in [4.69, 9.17) is 16.3 Å². The summed E-state index contributed by atoms with van der Waals surface area (Å²) in [5, 5.41) is 1.93. The summed E-state index contributed by atoms with van der Waals surface area (Å²) in [5.41, 5.74) is 3.56. The molecule has 5 heteroatoms. The van der Waals surface area contributed by atoms with Crippen molar-refractivity contribution in [2.24, 2.45) is 5.92 Å². The van der Waals surface area contributed by atoms with Gasteiger partial charge in [0.2, 0.25) is 0 Å². The van der Waals surface area contributed by atoms with E-state index in [-0.39, 0.29) is 12.1 Å². The Labute approximate surface area is 152 Å². The highest BCUT2D eigenvalue weighted by Gasteiger charge is 2.38. The van der Waals surface area contributed by atoms with Gasteiger partial charge in [-0.05, 0) is 62.3 Å². The Hall–Kier alpha value is -1.94. The van der Waals surface area contributed by atoms with Crippen molar-refractivity contribution in [1.29, 1.82) is 0 Å². The number of nitrogens with zero attached hydrogens (tertiary/aromatic N) is 1. The third-order valence-corrected chi connectivity index (χ3v) is 5.63. The fourth-order valence-electron chi connectivity index (χ4n) is 4.29. The van der Waals surface area contributed by atoms with E-state index in [1.54, 1.807) is 0 Å². The van der Waals surface area contributed by atoms with E-state index in [0.29, 0.717) is 19.1 Å². The number of hydrogen-bond acceptors (Lipinski definition) is 2. The van der Waals surface area contributed by atoms with Gasteiger partial charge in [0.1, 0.15) is 0 Å². The molecule has 1 N–H and O–H groups in total. The van der Waals surface area contributed by atoms with Gasteiger partial charge in [-0.25, -0.2) is 4.79 Å². The second-order valence-electron chi connectivity index (χ2n) is 6.84. The highest BCUT2D eigenvalue weighted by molar-refractivity contribution is 6.31. The summed E-state index contributed by atoms with van der Waals surface area (Å²) in [7, 11) is 0. The van der Waals surface area contributed by atoms with Crippen LogP contribution < -0.4 is 0 Å². The molecule has 0 radical (unpaired) electrons. The Morgan fingerprint density at radius 3 is 3.04 bits per heavy atom. The zero-order chi connectivity index (χ0) is 17.4. The predicted octanol–water partition coefficient (Wildman–Crippen LogP) is 5.23. The number of aromatic amines is 1. The molecule has 1 aliphatic heterocycles. The summed E-state index contributed by atoms with van der Waals surface area (Å²) in [6, 6.07) is 6.01. The first-order valence-electron chi connectivity index (χ1n) is 9.07. The number of H-pyrrole nitrogens is 1. The Morgan fingerprint density at radius 2 is 2.28 bits per heavy atom. The van der Waals surface area contributed by atoms with Gasteiger partial charge in [0, 0.05) is 28.2 Å². The van der Waals surface area contributed by atoms with Crippen molar-refractivity contribution in [2.45, 2.75) is 38.6 Å². The summed E-state index contributed by atoms with van der Waals surface area (Å²) < 4.78 is 5.34. The molecule has 0 saturated carbocycles. The number of hydrogen-bond donors (Lipinski definition) is 1. The molecule has 1 amide bonds. The van der Waals surface area contributed by atoms with Crippen LogP contribution in [0.2, 0.25) is 5.02 Å². The van der Waals surface area contributed by atoms with E-state index >= 15 is 0 Å². The molecule has 0 bridgehead atoms. The van der Waals surface area contributed by atoms with Crippen LogP contribution in [0.15, 0.2) is 30.4 Å². The average molecular weight is 359 g/mol. The minimum atomic E-state index is -0.204. The third-order valence-electron chi connectivity index (χ3n) is 5.39. The van der Waals surface area contributed by atoms with Crippen LogP contribution in [-0.2, 0) is 11.2 Å². The standard InChI is InChI=1S/C20H23ClN2O2/c1-2-25-20(24)23-11-10-15-16-12-14(21)8-9-17(16)22-18(15)19(23)13-6-4-3-5-7-13/h3-4,8-9,12-13,19,22H,2,5-7,10-11H2,1H3. The summed E-state index contributed by atoms with van der Waals surface area (Å²) in [6.07, 6.45) is 8.25.